The number of β-amino-alcohol motifs (C(OH)–C–C–N with tert-alkyl or cyclic N) is 2. The second kappa shape index (κ2) is 3.52. The summed E-state index contributed by atoms with van der Waals surface area (Å²) in [6, 6.07) is 0. The lowest BCUT2D eigenvalue weighted by molar-refractivity contribution is 0.0572. The quantitative estimate of drug-likeness (QED) is 0.437. The normalized spacial score (nSPS) is 25.9. The van der Waals surface area contributed by atoms with Crippen LogP contribution in [0.25, 0.3) is 0 Å². The molecule has 0 spiro atoms. The smallest absolute Gasteiger partial charge is 0.259 e. The van der Waals surface area contributed by atoms with Gasteiger partial charge in [0.15, 0.2) is 0 Å². The number of aliphatic hydroxyl groups excluding tert-OH is 2. The number of aromatic nitrogens is 2. The number of H-pyrrole nitrogens is 1. The minimum atomic E-state index is -0.887. The monoisotopic (exact) mass is 212 g/mol. The number of nitrogen functional groups attached to an aromatic ring is 1. The fourth-order valence-corrected chi connectivity index (χ4v) is 1.57. The third-order valence-electron chi connectivity index (χ3n) is 2.45. The highest BCUT2D eigenvalue weighted by Crippen LogP contribution is 2.16. The molecule has 2 heterocycles. The Balaban J connectivity index is 2.13. The molecular weight excluding hydrogens is 200 g/mol. The van der Waals surface area contributed by atoms with E-state index in [0.29, 0.717) is 0 Å². The van der Waals surface area contributed by atoms with Gasteiger partial charge in [0, 0.05) is 13.1 Å². The van der Waals surface area contributed by atoms with Gasteiger partial charge in [0.1, 0.15) is 11.4 Å². The topological polar surface area (TPSA) is 115 Å². The van der Waals surface area contributed by atoms with Gasteiger partial charge in [0.05, 0.1) is 18.4 Å². The van der Waals surface area contributed by atoms with Crippen molar-refractivity contribution in [1.82, 2.24) is 15.1 Å². The Morgan fingerprint density at radius 3 is 2.60 bits per heavy atom. The van der Waals surface area contributed by atoms with Crippen LogP contribution in [0, 0.1) is 0 Å². The van der Waals surface area contributed by atoms with Gasteiger partial charge in [-0.05, 0) is 0 Å². The molecule has 1 aromatic heterocycles. The summed E-state index contributed by atoms with van der Waals surface area (Å²) in [6.45, 7) is 0.231. The molecular formula is C8H12N4O3. The molecule has 7 nitrogen and oxygen atoms in total. The molecule has 1 fully saturated rings. The highest BCUT2D eigenvalue weighted by atomic mass is 16.3. The number of hydrogen-bond donors (Lipinski definition) is 4. The van der Waals surface area contributed by atoms with Crippen LogP contribution in [0.2, 0.25) is 0 Å². The number of amides is 1. The summed E-state index contributed by atoms with van der Waals surface area (Å²) in [5, 5.41) is 24.7. The molecule has 0 aliphatic carbocycles. The van der Waals surface area contributed by atoms with Gasteiger partial charge in [-0.15, -0.1) is 0 Å². The molecule has 0 radical (unpaired) electrons. The van der Waals surface area contributed by atoms with Crippen molar-refractivity contribution in [2.75, 3.05) is 18.8 Å². The molecule has 7 heteroatoms. The molecule has 1 saturated heterocycles. The van der Waals surface area contributed by atoms with E-state index in [9.17, 15) is 15.0 Å². The Hall–Kier alpha value is -1.60. The maximum Gasteiger partial charge on any atom is 0.259 e. The Morgan fingerprint density at radius 1 is 1.53 bits per heavy atom. The van der Waals surface area contributed by atoms with E-state index in [0.717, 1.165) is 0 Å². The molecule has 5 N–H and O–H groups in total. The van der Waals surface area contributed by atoms with E-state index in [-0.39, 0.29) is 30.4 Å². The lowest BCUT2D eigenvalue weighted by Crippen LogP contribution is -2.30. The molecule has 15 heavy (non-hydrogen) atoms. The van der Waals surface area contributed by atoms with E-state index in [1.54, 1.807) is 0 Å². The summed E-state index contributed by atoms with van der Waals surface area (Å²) in [5.41, 5.74) is 5.75. The lowest BCUT2D eigenvalue weighted by Gasteiger charge is -2.14. The minimum absolute atomic E-state index is 0.116. The van der Waals surface area contributed by atoms with E-state index in [1.165, 1.54) is 11.1 Å². The second-order valence-electron chi connectivity index (χ2n) is 3.54. The summed E-state index contributed by atoms with van der Waals surface area (Å²) in [5.74, 6) is -0.146. The van der Waals surface area contributed by atoms with Crippen LogP contribution in [-0.2, 0) is 0 Å². The van der Waals surface area contributed by atoms with Crippen LogP contribution in [0.1, 0.15) is 10.4 Å². The van der Waals surface area contributed by atoms with Gasteiger partial charge in [-0.2, -0.15) is 5.10 Å². The number of aliphatic hydroxyl groups is 2. The lowest BCUT2D eigenvalue weighted by atomic mass is 10.3. The summed E-state index contributed by atoms with van der Waals surface area (Å²) in [6.07, 6.45) is -0.446. The predicted molar refractivity (Wildman–Crippen MR) is 50.9 cm³/mol. The first kappa shape index (κ1) is 9.94. The van der Waals surface area contributed by atoms with Crippen molar-refractivity contribution in [2.24, 2.45) is 0 Å². The van der Waals surface area contributed by atoms with Gasteiger partial charge >= 0.3 is 0 Å². The number of nitrogens with one attached hydrogen (secondary N) is 1. The molecule has 1 aliphatic rings. The molecule has 0 bridgehead atoms. The van der Waals surface area contributed by atoms with Crippen molar-refractivity contribution < 1.29 is 15.0 Å². The maximum absolute atomic E-state index is 11.8. The molecule has 0 saturated carbocycles. The SMILES string of the molecule is Nc1[nH]ncc1C(=O)N1CC(O)C(O)C1. The number of carbonyl (C=O) groups is 1. The zero-order valence-electron chi connectivity index (χ0n) is 7.92. The Kier molecular flexibility index (Phi) is 2.33. The van der Waals surface area contributed by atoms with Crippen molar-refractivity contribution in [2.45, 2.75) is 12.2 Å². The largest absolute Gasteiger partial charge is 0.388 e. The summed E-state index contributed by atoms with van der Waals surface area (Å²) in [4.78, 5) is 13.1. The van der Waals surface area contributed by atoms with Gasteiger partial charge < -0.3 is 20.8 Å². The molecule has 1 amide bonds. The number of nitrogens with zero attached hydrogens (tertiary/aromatic N) is 2. The van der Waals surface area contributed by atoms with Crippen molar-refractivity contribution in [1.29, 1.82) is 0 Å². The Bertz CT molecular complexity index is 368. The number of hydrogen-bond acceptors (Lipinski definition) is 5. The van der Waals surface area contributed by atoms with Crippen molar-refractivity contribution >= 4 is 11.7 Å². The number of rotatable bonds is 1. The molecule has 2 unspecified atom stereocenters. The van der Waals surface area contributed by atoms with Gasteiger partial charge in [0.2, 0.25) is 0 Å². The molecule has 1 aromatic rings. The van der Waals surface area contributed by atoms with Gasteiger partial charge in [0.25, 0.3) is 5.91 Å². The molecule has 0 aromatic carbocycles. The summed E-state index contributed by atoms with van der Waals surface area (Å²) < 4.78 is 0. The van der Waals surface area contributed by atoms with E-state index < -0.39 is 12.2 Å². The number of anilines is 1. The highest BCUT2D eigenvalue weighted by molar-refractivity contribution is 5.98. The van der Waals surface area contributed by atoms with Crippen LogP contribution < -0.4 is 5.73 Å². The van der Waals surface area contributed by atoms with Crippen molar-refractivity contribution in [3.8, 4) is 0 Å². The third kappa shape index (κ3) is 1.66. The van der Waals surface area contributed by atoms with Crippen molar-refractivity contribution in [3.05, 3.63) is 11.8 Å². The van der Waals surface area contributed by atoms with E-state index in [2.05, 4.69) is 10.2 Å². The van der Waals surface area contributed by atoms with Crippen LogP contribution in [0.5, 0.6) is 0 Å². The van der Waals surface area contributed by atoms with Crippen molar-refractivity contribution in [3.63, 3.8) is 0 Å². The predicted octanol–water partition coefficient (Wildman–Crippen LogP) is -1.83. The molecule has 2 rings (SSSR count). The average molecular weight is 212 g/mol. The van der Waals surface area contributed by atoms with E-state index in [1.807, 2.05) is 0 Å². The number of nitrogens with two attached hydrogens (primary N) is 1. The molecule has 82 valence electrons. The fourth-order valence-electron chi connectivity index (χ4n) is 1.57. The second-order valence-corrected chi connectivity index (χ2v) is 3.54. The van der Waals surface area contributed by atoms with Crippen LogP contribution >= 0.6 is 0 Å². The van der Waals surface area contributed by atoms with Crippen LogP contribution in [0.3, 0.4) is 0 Å². The summed E-state index contributed by atoms with van der Waals surface area (Å²) in [7, 11) is 0. The fraction of sp³-hybridized carbons (Fsp3) is 0.500. The Morgan fingerprint density at radius 2 is 2.13 bits per heavy atom. The average Bonchev–Trinajstić information content (AvgIpc) is 2.74. The minimum Gasteiger partial charge on any atom is -0.388 e. The number of carbonyl (C=O) groups excluding carboxylic acids is 1. The van der Waals surface area contributed by atoms with Gasteiger partial charge in [-0.25, -0.2) is 0 Å². The number of aromatic amines is 1. The maximum atomic E-state index is 11.8. The molecule has 2 atom stereocenters. The third-order valence-corrected chi connectivity index (χ3v) is 2.45. The molecule has 1 aliphatic heterocycles. The summed E-state index contributed by atoms with van der Waals surface area (Å²) >= 11 is 0. The zero-order chi connectivity index (χ0) is 11.0. The standard InChI is InChI=1S/C8H12N4O3/c9-7-4(1-10-11-7)8(15)12-2-5(13)6(14)3-12/h1,5-6,13-14H,2-3H2,(H3,9,10,11). The highest BCUT2D eigenvalue weighted by Gasteiger charge is 2.33. The zero-order valence-corrected chi connectivity index (χ0v) is 7.92. The van der Waals surface area contributed by atoms with Gasteiger partial charge in [-0.1, -0.05) is 0 Å². The first-order valence-corrected chi connectivity index (χ1v) is 4.54. The van der Waals surface area contributed by atoms with Crippen LogP contribution in [0.15, 0.2) is 6.20 Å². The van der Waals surface area contributed by atoms with Crippen LogP contribution in [-0.4, -0.2) is 56.5 Å². The van der Waals surface area contributed by atoms with E-state index >= 15 is 0 Å². The van der Waals surface area contributed by atoms with Crippen LogP contribution in [0.4, 0.5) is 5.82 Å². The first-order chi connectivity index (χ1) is 7.09. The first-order valence-electron chi connectivity index (χ1n) is 4.54. The Labute approximate surface area is 85.5 Å². The van der Waals surface area contributed by atoms with E-state index in [4.69, 9.17) is 5.73 Å². The van der Waals surface area contributed by atoms with Gasteiger partial charge in [-0.3, -0.25) is 9.89 Å². The number of likely N-dealkylation sites (tertiary alicyclic amines) is 1.